The zero-order valence-electron chi connectivity index (χ0n) is 8.96. The molecule has 0 heterocycles. The van der Waals surface area contributed by atoms with Crippen LogP contribution >= 0.6 is 11.6 Å². The van der Waals surface area contributed by atoms with Gasteiger partial charge in [-0.25, -0.2) is 4.79 Å². The Bertz CT molecular complexity index is 472. The Hall–Kier alpha value is -1.69. The van der Waals surface area contributed by atoms with E-state index >= 15 is 0 Å². The lowest BCUT2D eigenvalue weighted by molar-refractivity contribution is -0.137. The molecule has 0 atom stereocenters. The van der Waals surface area contributed by atoms with E-state index in [2.05, 4.69) is 5.32 Å². The van der Waals surface area contributed by atoms with Crippen LogP contribution in [-0.4, -0.2) is 17.6 Å². The Kier molecular flexibility index (Phi) is 4.61. The predicted octanol–water partition coefficient (Wildman–Crippen LogP) is 3.41. The van der Waals surface area contributed by atoms with Gasteiger partial charge >= 0.3 is 12.1 Å². The fourth-order valence-electron chi connectivity index (χ4n) is 1.17. The molecule has 0 aliphatic rings. The molecule has 0 aromatic heterocycles. The molecule has 1 aromatic carbocycles. The van der Waals surface area contributed by atoms with Gasteiger partial charge in [-0.2, -0.15) is 13.2 Å². The number of nitrogens with one attached hydrogen (secondary N) is 1. The third kappa shape index (κ3) is 4.29. The van der Waals surface area contributed by atoms with E-state index in [9.17, 15) is 18.0 Å². The van der Waals surface area contributed by atoms with Gasteiger partial charge in [-0.15, -0.1) is 0 Å². The predicted molar refractivity (Wildman–Crippen MR) is 61.7 cm³/mol. The summed E-state index contributed by atoms with van der Waals surface area (Å²) < 4.78 is 37.3. The SMILES string of the molecule is O=C(O)/C=C/CNc1cc(C(F)(F)F)ccc1Cl. The largest absolute Gasteiger partial charge is 0.478 e. The Morgan fingerprint density at radius 1 is 1.44 bits per heavy atom. The summed E-state index contributed by atoms with van der Waals surface area (Å²) in [6.45, 7) is 0.0628. The summed E-state index contributed by atoms with van der Waals surface area (Å²) in [5.41, 5.74) is -0.724. The monoisotopic (exact) mass is 279 g/mol. The van der Waals surface area contributed by atoms with Crippen molar-refractivity contribution in [3.8, 4) is 0 Å². The van der Waals surface area contributed by atoms with E-state index in [0.717, 1.165) is 24.3 Å². The minimum atomic E-state index is -4.45. The zero-order chi connectivity index (χ0) is 13.8. The first-order valence-corrected chi connectivity index (χ1v) is 5.18. The molecular formula is C11H9ClF3NO2. The lowest BCUT2D eigenvalue weighted by Crippen LogP contribution is -2.07. The Morgan fingerprint density at radius 3 is 2.67 bits per heavy atom. The summed E-state index contributed by atoms with van der Waals surface area (Å²) >= 11 is 5.72. The molecule has 1 aromatic rings. The highest BCUT2D eigenvalue weighted by molar-refractivity contribution is 6.33. The Labute approximate surface area is 106 Å². The van der Waals surface area contributed by atoms with Crippen LogP contribution in [0.2, 0.25) is 5.02 Å². The fraction of sp³-hybridized carbons (Fsp3) is 0.182. The Morgan fingerprint density at radius 2 is 2.11 bits per heavy atom. The van der Waals surface area contributed by atoms with Gasteiger partial charge in [-0.1, -0.05) is 17.7 Å². The van der Waals surface area contributed by atoms with Crippen LogP contribution in [0.3, 0.4) is 0 Å². The van der Waals surface area contributed by atoms with Gasteiger partial charge in [0.2, 0.25) is 0 Å². The van der Waals surface area contributed by atoms with Gasteiger partial charge in [0.05, 0.1) is 16.3 Å². The smallest absolute Gasteiger partial charge is 0.416 e. The first-order valence-electron chi connectivity index (χ1n) is 4.81. The third-order valence-corrected chi connectivity index (χ3v) is 2.29. The second-order valence-corrected chi connectivity index (χ2v) is 3.72. The van der Waals surface area contributed by atoms with Crippen LogP contribution in [0, 0.1) is 0 Å². The molecule has 7 heteroatoms. The molecule has 0 saturated carbocycles. The molecule has 0 aliphatic heterocycles. The highest BCUT2D eigenvalue weighted by Crippen LogP contribution is 2.33. The molecule has 2 N–H and O–H groups in total. The minimum absolute atomic E-state index is 0.0628. The number of rotatable bonds is 4. The number of benzene rings is 1. The average molecular weight is 280 g/mol. The van der Waals surface area contributed by atoms with E-state index < -0.39 is 17.7 Å². The van der Waals surface area contributed by atoms with Crippen LogP contribution in [0.4, 0.5) is 18.9 Å². The van der Waals surface area contributed by atoms with Crippen molar-refractivity contribution < 1.29 is 23.1 Å². The van der Waals surface area contributed by atoms with Crippen molar-refractivity contribution in [3.63, 3.8) is 0 Å². The maximum absolute atomic E-state index is 12.4. The molecule has 0 aliphatic carbocycles. The quantitative estimate of drug-likeness (QED) is 0.831. The molecule has 0 fully saturated rings. The maximum atomic E-state index is 12.4. The molecule has 0 saturated heterocycles. The zero-order valence-corrected chi connectivity index (χ0v) is 9.72. The van der Waals surface area contributed by atoms with E-state index in [0.29, 0.717) is 0 Å². The molecule has 3 nitrogen and oxygen atoms in total. The summed E-state index contributed by atoms with van der Waals surface area (Å²) in [5.74, 6) is -1.13. The average Bonchev–Trinajstić information content (AvgIpc) is 2.24. The van der Waals surface area contributed by atoms with E-state index in [1.807, 2.05) is 0 Å². The van der Waals surface area contributed by atoms with E-state index in [4.69, 9.17) is 16.7 Å². The summed E-state index contributed by atoms with van der Waals surface area (Å²) in [5, 5.41) is 11.1. The van der Waals surface area contributed by atoms with Crippen molar-refractivity contribution in [3.05, 3.63) is 40.9 Å². The van der Waals surface area contributed by atoms with Crippen molar-refractivity contribution in [1.29, 1.82) is 0 Å². The molecule has 18 heavy (non-hydrogen) atoms. The molecule has 0 unspecified atom stereocenters. The first-order chi connectivity index (χ1) is 8.30. The number of aliphatic carboxylic acids is 1. The fourth-order valence-corrected chi connectivity index (χ4v) is 1.35. The summed E-state index contributed by atoms with van der Waals surface area (Å²) in [6, 6.07) is 2.88. The number of hydrogen-bond donors (Lipinski definition) is 2. The van der Waals surface area contributed by atoms with Crippen LogP contribution < -0.4 is 5.32 Å². The number of carboxylic acids is 1. The summed E-state index contributed by atoms with van der Waals surface area (Å²) in [4.78, 5) is 10.2. The van der Waals surface area contributed by atoms with Gasteiger partial charge in [0.1, 0.15) is 0 Å². The van der Waals surface area contributed by atoms with Gasteiger partial charge in [-0.05, 0) is 18.2 Å². The lowest BCUT2D eigenvalue weighted by atomic mass is 10.2. The lowest BCUT2D eigenvalue weighted by Gasteiger charge is -2.11. The second kappa shape index (κ2) is 5.77. The van der Waals surface area contributed by atoms with Crippen LogP contribution in [0.15, 0.2) is 30.4 Å². The second-order valence-electron chi connectivity index (χ2n) is 3.31. The van der Waals surface area contributed by atoms with Crippen molar-refractivity contribution >= 4 is 23.3 Å². The van der Waals surface area contributed by atoms with Crippen LogP contribution in [0.1, 0.15) is 5.56 Å². The van der Waals surface area contributed by atoms with Gasteiger partial charge in [0.25, 0.3) is 0 Å². The van der Waals surface area contributed by atoms with E-state index in [-0.39, 0.29) is 17.3 Å². The van der Waals surface area contributed by atoms with Crippen molar-refractivity contribution in [2.45, 2.75) is 6.18 Å². The molecule has 0 spiro atoms. The summed E-state index contributed by atoms with van der Waals surface area (Å²) in [7, 11) is 0. The van der Waals surface area contributed by atoms with Gasteiger partial charge in [0, 0.05) is 12.6 Å². The van der Waals surface area contributed by atoms with Gasteiger partial charge in [0.15, 0.2) is 0 Å². The van der Waals surface area contributed by atoms with Crippen molar-refractivity contribution in [2.75, 3.05) is 11.9 Å². The number of carboxylic acid groups (broad SMARTS) is 1. The topological polar surface area (TPSA) is 49.3 Å². The number of carbonyl (C=O) groups is 1. The third-order valence-electron chi connectivity index (χ3n) is 1.96. The van der Waals surface area contributed by atoms with Crippen molar-refractivity contribution in [2.24, 2.45) is 0 Å². The number of halogens is 4. The summed E-state index contributed by atoms with van der Waals surface area (Å²) in [6.07, 6.45) is -2.30. The number of alkyl halides is 3. The molecule has 1 rings (SSSR count). The highest BCUT2D eigenvalue weighted by Gasteiger charge is 2.30. The highest BCUT2D eigenvalue weighted by atomic mass is 35.5. The van der Waals surface area contributed by atoms with E-state index in [1.165, 1.54) is 6.08 Å². The van der Waals surface area contributed by atoms with Crippen molar-refractivity contribution in [1.82, 2.24) is 0 Å². The van der Waals surface area contributed by atoms with Gasteiger partial charge < -0.3 is 10.4 Å². The van der Waals surface area contributed by atoms with Crippen LogP contribution in [-0.2, 0) is 11.0 Å². The van der Waals surface area contributed by atoms with Crippen LogP contribution in [0.25, 0.3) is 0 Å². The number of anilines is 1. The first kappa shape index (κ1) is 14.4. The molecule has 98 valence electrons. The molecule has 0 radical (unpaired) electrons. The molecule has 0 bridgehead atoms. The van der Waals surface area contributed by atoms with Gasteiger partial charge in [-0.3, -0.25) is 0 Å². The number of hydrogen-bond acceptors (Lipinski definition) is 2. The molecule has 0 amide bonds. The Balaban J connectivity index is 2.79. The normalized spacial score (nSPS) is 11.8. The van der Waals surface area contributed by atoms with Crippen LogP contribution in [0.5, 0.6) is 0 Å². The van der Waals surface area contributed by atoms with E-state index in [1.54, 1.807) is 0 Å². The molecular weight excluding hydrogens is 271 g/mol. The minimum Gasteiger partial charge on any atom is -0.478 e. The maximum Gasteiger partial charge on any atom is 0.416 e. The standard InChI is InChI=1S/C11H9ClF3NO2/c12-8-4-3-7(11(13,14)15)6-9(8)16-5-1-2-10(17)18/h1-4,6,16H,5H2,(H,17,18)/b2-1+.